The van der Waals surface area contributed by atoms with E-state index in [-0.39, 0.29) is 5.91 Å². The number of hydrogen-bond acceptors (Lipinski definition) is 4. The van der Waals surface area contributed by atoms with Gasteiger partial charge in [0.05, 0.1) is 12.6 Å². The molecule has 25 heavy (non-hydrogen) atoms. The molecule has 1 aromatic carbocycles. The second-order valence-corrected chi connectivity index (χ2v) is 6.41. The van der Waals surface area contributed by atoms with Crippen LogP contribution in [0.3, 0.4) is 0 Å². The number of hydrogen-bond donors (Lipinski definition) is 2. The first-order valence-corrected chi connectivity index (χ1v) is 8.93. The third-order valence-corrected chi connectivity index (χ3v) is 4.45. The highest BCUT2D eigenvalue weighted by Gasteiger charge is 2.17. The van der Waals surface area contributed by atoms with Gasteiger partial charge in [0.1, 0.15) is 11.4 Å². The number of piperidine rings is 1. The van der Waals surface area contributed by atoms with E-state index in [9.17, 15) is 4.79 Å². The van der Waals surface area contributed by atoms with Crippen molar-refractivity contribution in [3.8, 4) is 5.75 Å². The number of carbonyl (C=O) groups is 1. The van der Waals surface area contributed by atoms with Gasteiger partial charge in [-0.1, -0.05) is 12.1 Å². The molecule has 1 unspecified atom stereocenters. The van der Waals surface area contributed by atoms with E-state index in [1.165, 1.54) is 0 Å². The SMILES string of the molecule is CCOc1cc(C)ccc1CNC(=O)c1ccn(C2CCCNC2)n1. The van der Waals surface area contributed by atoms with Gasteiger partial charge in [-0.15, -0.1) is 0 Å². The maximum absolute atomic E-state index is 12.4. The molecule has 6 nitrogen and oxygen atoms in total. The molecule has 0 aliphatic carbocycles. The molecule has 3 rings (SSSR count). The van der Waals surface area contributed by atoms with Gasteiger partial charge in [0.25, 0.3) is 5.91 Å². The zero-order chi connectivity index (χ0) is 17.6. The predicted molar refractivity (Wildman–Crippen MR) is 96.9 cm³/mol. The average molecular weight is 342 g/mol. The van der Waals surface area contributed by atoms with E-state index < -0.39 is 0 Å². The molecular weight excluding hydrogens is 316 g/mol. The van der Waals surface area contributed by atoms with Crippen molar-refractivity contribution in [2.24, 2.45) is 0 Å². The van der Waals surface area contributed by atoms with Gasteiger partial charge in [0, 0.05) is 24.8 Å². The van der Waals surface area contributed by atoms with Crippen molar-refractivity contribution in [3.63, 3.8) is 0 Å². The van der Waals surface area contributed by atoms with E-state index >= 15 is 0 Å². The quantitative estimate of drug-likeness (QED) is 0.846. The number of carbonyl (C=O) groups excluding carboxylic acids is 1. The summed E-state index contributed by atoms with van der Waals surface area (Å²) < 4.78 is 7.56. The molecular formula is C19H26N4O2. The van der Waals surface area contributed by atoms with Crippen molar-refractivity contribution < 1.29 is 9.53 Å². The molecule has 0 spiro atoms. The van der Waals surface area contributed by atoms with E-state index in [1.54, 1.807) is 6.07 Å². The summed E-state index contributed by atoms with van der Waals surface area (Å²) in [6.07, 6.45) is 4.13. The minimum atomic E-state index is -0.162. The van der Waals surface area contributed by atoms with Crippen molar-refractivity contribution in [3.05, 3.63) is 47.3 Å². The standard InChI is InChI=1S/C19H26N4O2/c1-3-25-18-11-14(2)6-7-15(18)12-21-19(24)17-8-10-23(22-17)16-5-4-9-20-13-16/h6-8,10-11,16,20H,3-5,9,12-13H2,1-2H3,(H,21,24). The first-order chi connectivity index (χ1) is 12.2. The maximum Gasteiger partial charge on any atom is 0.272 e. The lowest BCUT2D eigenvalue weighted by Gasteiger charge is -2.22. The van der Waals surface area contributed by atoms with Crippen LogP contribution in [0.25, 0.3) is 0 Å². The minimum Gasteiger partial charge on any atom is -0.494 e. The summed E-state index contributed by atoms with van der Waals surface area (Å²) in [6.45, 7) is 6.97. The lowest BCUT2D eigenvalue weighted by Crippen LogP contribution is -2.32. The van der Waals surface area contributed by atoms with Gasteiger partial charge in [-0.05, 0) is 50.9 Å². The van der Waals surface area contributed by atoms with Crippen LogP contribution in [0.1, 0.15) is 47.4 Å². The summed E-state index contributed by atoms with van der Waals surface area (Å²) in [5.41, 5.74) is 2.56. The van der Waals surface area contributed by atoms with Crippen LogP contribution in [-0.2, 0) is 6.54 Å². The van der Waals surface area contributed by atoms with Crippen LogP contribution in [0.2, 0.25) is 0 Å². The van der Waals surface area contributed by atoms with Crippen LogP contribution in [0, 0.1) is 6.92 Å². The highest BCUT2D eigenvalue weighted by atomic mass is 16.5. The molecule has 1 fully saturated rings. The summed E-state index contributed by atoms with van der Waals surface area (Å²) in [5, 5.41) is 10.8. The van der Waals surface area contributed by atoms with Crippen molar-refractivity contribution in [1.82, 2.24) is 20.4 Å². The summed E-state index contributed by atoms with van der Waals surface area (Å²) in [5.74, 6) is 0.659. The molecule has 2 heterocycles. The Hall–Kier alpha value is -2.34. The average Bonchev–Trinajstić information content (AvgIpc) is 3.12. The molecule has 2 N–H and O–H groups in total. The van der Waals surface area contributed by atoms with Crippen LogP contribution in [0.15, 0.2) is 30.5 Å². The second kappa shape index (κ2) is 8.16. The third-order valence-electron chi connectivity index (χ3n) is 4.45. The molecule has 6 heteroatoms. The highest BCUT2D eigenvalue weighted by molar-refractivity contribution is 5.92. The fraction of sp³-hybridized carbons (Fsp3) is 0.474. The fourth-order valence-electron chi connectivity index (χ4n) is 3.09. The van der Waals surface area contributed by atoms with Gasteiger partial charge in [0.2, 0.25) is 0 Å². The van der Waals surface area contributed by atoms with Gasteiger partial charge in [-0.25, -0.2) is 0 Å². The Morgan fingerprint density at radius 2 is 2.32 bits per heavy atom. The lowest BCUT2D eigenvalue weighted by atomic mass is 10.1. The number of nitrogens with zero attached hydrogens (tertiary/aromatic N) is 2. The molecule has 1 aliphatic rings. The molecule has 2 aromatic rings. The number of nitrogens with one attached hydrogen (secondary N) is 2. The van der Waals surface area contributed by atoms with Crippen LogP contribution in [0.5, 0.6) is 5.75 Å². The van der Waals surface area contributed by atoms with Crippen molar-refractivity contribution in [2.75, 3.05) is 19.7 Å². The van der Waals surface area contributed by atoms with E-state index in [1.807, 2.05) is 42.9 Å². The normalized spacial score (nSPS) is 17.3. The first-order valence-electron chi connectivity index (χ1n) is 8.93. The van der Waals surface area contributed by atoms with E-state index in [2.05, 4.69) is 15.7 Å². The minimum absolute atomic E-state index is 0.162. The Bertz CT molecular complexity index is 720. The molecule has 1 saturated heterocycles. The van der Waals surface area contributed by atoms with E-state index in [4.69, 9.17) is 4.74 Å². The van der Waals surface area contributed by atoms with Crippen molar-refractivity contribution in [2.45, 2.75) is 39.3 Å². The predicted octanol–water partition coefficient (Wildman–Crippen LogP) is 2.44. The third kappa shape index (κ3) is 4.39. The second-order valence-electron chi connectivity index (χ2n) is 6.41. The summed E-state index contributed by atoms with van der Waals surface area (Å²) in [7, 11) is 0. The monoisotopic (exact) mass is 342 g/mol. The zero-order valence-electron chi connectivity index (χ0n) is 14.9. The van der Waals surface area contributed by atoms with Crippen LogP contribution < -0.4 is 15.4 Å². The zero-order valence-corrected chi connectivity index (χ0v) is 14.9. The van der Waals surface area contributed by atoms with Crippen molar-refractivity contribution in [1.29, 1.82) is 0 Å². The molecule has 1 aliphatic heterocycles. The molecule has 134 valence electrons. The Morgan fingerprint density at radius 1 is 1.44 bits per heavy atom. The number of benzene rings is 1. The molecule has 1 atom stereocenters. The van der Waals surface area contributed by atoms with Crippen LogP contribution in [-0.4, -0.2) is 35.4 Å². The van der Waals surface area contributed by atoms with Gasteiger partial charge < -0.3 is 15.4 Å². The molecule has 0 bridgehead atoms. The van der Waals surface area contributed by atoms with Gasteiger partial charge >= 0.3 is 0 Å². The summed E-state index contributed by atoms with van der Waals surface area (Å²) in [6, 6.07) is 8.12. The highest BCUT2D eigenvalue weighted by Crippen LogP contribution is 2.20. The van der Waals surface area contributed by atoms with Crippen LogP contribution in [0.4, 0.5) is 0 Å². The Balaban J connectivity index is 1.62. The lowest BCUT2D eigenvalue weighted by molar-refractivity contribution is 0.0944. The number of amides is 1. The molecule has 1 amide bonds. The Kier molecular flexibility index (Phi) is 5.71. The van der Waals surface area contributed by atoms with Gasteiger partial charge in [-0.2, -0.15) is 5.10 Å². The Labute approximate surface area is 148 Å². The van der Waals surface area contributed by atoms with Gasteiger partial charge in [-0.3, -0.25) is 9.48 Å². The largest absolute Gasteiger partial charge is 0.494 e. The first kappa shape index (κ1) is 17.5. The topological polar surface area (TPSA) is 68.2 Å². The summed E-state index contributed by atoms with van der Waals surface area (Å²) >= 11 is 0. The van der Waals surface area contributed by atoms with Crippen LogP contribution >= 0.6 is 0 Å². The number of aryl methyl sites for hydroxylation is 1. The summed E-state index contributed by atoms with van der Waals surface area (Å²) in [4.78, 5) is 12.4. The number of ether oxygens (including phenoxy) is 1. The fourth-order valence-corrected chi connectivity index (χ4v) is 3.09. The van der Waals surface area contributed by atoms with E-state index in [0.29, 0.717) is 24.9 Å². The van der Waals surface area contributed by atoms with E-state index in [0.717, 1.165) is 42.8 Å². The smallest absolute Gasteiger partial charge is 0.272 e. The molecule has 0 saturated carbocycles. The number of rotatable bonds is 6. The molecule has 1 aromatic heterocycles. The maximum atomic E-state index is 12.4. The Morgan fingerprint density at radius 3 is 3.08 bits per heavy atom. The van der Waals surface area contributed by atoms with Crippen molar-refractivity contribution >= 4 is 5.91 Å². The van der Waals surface area contributed by atoms with Gasteiger partial charge in [0.15, 0.2) is 0 Å². The molecule has 0 radical (unpaired) electrons. The number of aromatic nitrogens is 2.